The van der Waals surface area contributed by atoms with Crippen molar-refractivity contribution in [2.24, 2.45) is 0 Å². The Labute approximate surface area is 105 Å². The molecule has 1 amide bonds. The van der Waals surface area contributed by atoms with E-state index in [9.17, 15) is 9.59 Å². The van der Waals surface area contributed by atoms with Crippen LogP contribution in [-0.2, 0) is 4.79 Å². The van der Waals surface area contributed by atoms with Gasteiger partial charge in [0.25, 0.3) is 5.91 Å². The number of carbonyl (C=O) groups excluding carboxylic acids is 1. The summed E-state index contributed by atoms with van der Waals surface area (Å²) in [5, 5.41) is 11.9. The quantitative estimate of drug-likeness (QED) is 0.858. The zero-order valence-electron chi connectivity index (χ0n) is 10.4. The third kappa shape index (κ3) is 2.55. The molecule has 0 aromatic carbocycles. The second kappa shape index (κ2) is 4.84. The third-order valence-corrected chi connectivity index (χ3v) is 3.53. The van der Waals surface area contributed by atoms with Crippen molar-refractivity contribution >= 4 is 11.9 Å². The maximum atomic E-state index is 12.1. The SMILES string of the molecule is Cc1occc1C(=O)NC1(CC(=O)O)CCCC1. The molecule has 18 heavy (non-hydrogen) atoms. The summed E-state index contributed by atoms with van der Waals surface area (Å²) < 4.78 is 5.09. The highest BCUT2D eigenvalue weighted by Crippen LogP contribution is 2.33. The summed E-state index contributed by atoms with van der Waals surface area (Å²) in [6.45, 7) is 1.72. The van der Waals surface area contributed by atoms with Gasteiger partial charge in [0.1, 0.15) is 5.76 Å². The van der Waals surface area contributed by atoms with E-state index < -0.39 is 11.5 Å². The second-order valence-electron chi connectivity index (χ2n) is 4.90. The molecule has 2 N–H and O–H groups in total. The normalized spacial score (nSPS) is 17.6. The van der Waals surface area contributed by atoms with Gasteiger partial charge in [0.2, 0.25) is 0 Å². The number of rotatable bonds is 4. The first-order valence-electron chi connectivity index (χ1n) is 6.11. The van der Waals surface area contributed by atoms with Gasteiger partial charge in [0.05, 0.1) is 23.8 Å². The molecule has 1 aliphatic rings. The molecule has 5 nitrogen and oxygen atoms in total. The fourth-order valence-electron chi connectivity index (χ4n) is 2.62. The van der Waals surface area contributed by atoms with Gasteiger partial charge in [0, 0.05) is 0 Å². The minimum absolute atomic E-state index is 0.0182. The lowest BCUT2D eigenvalue weighted by Crippen LogP contribution is -2.47. The van der Waals surface area contributed by atoms with Crippen LogP contribution in [0.4, 0.5) is 0 Å². The van der Waals surface area contributed by atoms with Crippen LogP contribution in [0.25, 0.3) is 0 Å². The van der Waals surface area contributed by atoms with Crippen molar-refractivity contribution in [1.82, 2.24) is 5.32 Å². The Morgan fingerprint density at radius 3 is 2.61 bits per heavy atom. The molecule has 1 aromatic rings. The summed E-state index contributed by atoms with van der Waals surface area (Å²) >= 11 is 0. The molecule has 1 aromatic heterocycles. The van der Waals surface area contributed by atoms with Crippen LogP contribution in [0.3, 0.4) is 0 Å². The first kappa shape index (κ1) is 12.7. The summed E-state index contributed by atoms with van der Waals surface area (Å²) in [4.78, 5) is 23.0. The molecular weight excluding hydrogens is 234 g/mol. The van der Waals surface area contributed by atoms with E-state index in [1.54, 1.807) is 13.0 Å². The maximum absolute atomic E-state index is 12.1. The average molecular weight is 251 g/mol. The van der Waals surface area contributed by atoms with Crippen molar-refractivity contribution in [3.8, 4) is 0 Å². The Balaban J connectivity index is 2.12. The van der Waals surface area contributed by atoms with Crippen molar-refractivity contribution in [3.05, 3.63) is 23.7 Å². The molecule has 0 spiro atoms. The van der Waals surface area contributed by atoms with Gasteiger partial charge in [-0.3, -0.25) is 9.59 Å². The predicted octanol–water partition coefficient (Wildman–Crippen LogP) is 2.11. The zero-order chi connectivity index (χ0) is 13.2. The number of aliphatic carboxylic acids is 1. The number of amides is 1. The van der Waals surface area contributed by atoms with Gasteiger partial charge >= 0.3 is 5.97 Å². The molecule has 0 aliphatic heterocycles. The lowest BCUT2D eigenvalue weighted by molar-refractivity contribution is -0.138. The Morgan fingerprint density at radius 1 is 1.44 bits per heavy atom. The monoisotopic (exact) mass is 251 g/mol. The van der Waals surface area contributed by atoms with Crippen molar-refractivity contribution in [3.63, 3.8) is 0 Å². The van der Waals surface area contributed by atoms with E-state index in [1.807, 2.05) is 0 Å². The molecule has 0 saturated heterocycles. The Morgan fingerprint density at radius 2 is 2.11 bits per heavy atom. The van der Waals surface area contributed by atoms with Gasteiger partial charge in [-0.15, -0.1) is 0 Å². The van der Waals surface area contributed by atoms with Crippen LogP contribution in [0.2, 0.25) is 0 Å². The summed E-state index contributed by atoms with van der Waals surface area (Å²) in [7, 11) is 0. The molecule has 0 atom stereocenters. The maximum Gasteiger partial charge on any atom is 0.305 e. The number of aryl methyl sites for hydroxylation is 1. The van der Waals surface area contributed by atoms with Crippen LogP contribution in [0.15, 0.2) is 16.7 Å². The van der Waals surface area contributed by atoms with E-state index in [-0.39, 0.29) is 12.3 Å². The lowest BCUT2D eigenvalue weighted by atomic mass is 9.92. The number of carbonyl (C=O) groups is 2. The predicted molar refractivity (Wildman–Crippen MR) is 64.4 cm³/mol. The van der Waals surface area contributed by atoms with Gasteiger partial charge in [-0.2, -0.15) is 0 Å². The van der Waals surface area contributed by atoms with Crippen molar-refractivity contribution in [1.29, 1.82) is 0 Å². The van der Waals surface area contributed by atoms with Crippen LogP contribution in [-0.4, -0.2) is 22.5 Å². The number of hydrogen-bond donors (Lipinski definition) is 2. The highest BCUT2D eigenvalue weighted by molar-refractivity contribution is 5.95. The van der Waals surface area contributed by atoms with Crippen molar-refractivity contribution in [2.45, 2.75) is 44.6 Å². The molecule has 1 fully saturated rings. The zero-order valence-corrected chi connectivity index (χ0v) is 10.4. The molecule has 1 aliphatic carbocycles. The Kier molecular flexibility index (Phi) is 3.41. The Bertz CT molecular complexity index is 457. The minimum atomic E-state index is -0.874. The highest BCUT2D eigenvalue weighted by Gasteiger charge is 2.37. The lowest BCUT2D eigenvalue weighted by Gasteiger charge is -2.28. The standard InChI is InChI=1S/C13H17NO4/c1-9-10(4-7-18-9)12(17)14-13(8-11(15)16)5-2-3-6-13/h4,7H,2-3,5-6,8H2,1H3,(H,14,17)(H,15,16). The molecule has 1 saturated carbocycles. The Hall–Kier alpha value is -1.78. The van der Waals surface area contributed by atoms with E-state index in [1.165, 1.54) is 6.26 Å². The highest BCUT2D eigenvalue weighted by atomic mass is 16.4. The molecule has 2 rings (SSSR count). The number of carboxylic acid groups (broad SMARTS) is 1. The molecule has 0 bridgehead atoms. The summed E-state index contributed by atoms with van der Waals surface area (Å²) in [6, 6.07) is 1.61. The van der Waals surface area contributed by atoms with Gasteiger partial charge in [-0.05, 0) is 25.8 Å². The topological polar surface area (TPSA) is 79.5 Å². The molecule has 5 heteroatoms. The fourth-order valence-corrected chi connectivity index (χ4v) is 2.62. The fraction of sp³-hybridized carbons (Fsp3) is 0.538. The second-order valence-corrected chi connectivity index (χ2v) is 4.90. The van der Waals surface area contributed by atoms with Crippen LogP contribution in [0, 0.1) is 6.92 Å². The first-order chi connectivity index (χ1) is 8.52. The first-order valence-corrected chi connectivity index (χ1v) is 6.11. The summed E-state index contributed by atoms with van der Waals surface area (Å²) in [6.07, 6.45) is 4.80. The van der Waals surface area contributed by atoms with Crippen LogP contribution in [0.1, 0.15) is 48.2 Å². The number of furan rings is 1. The van der Waals surface area contributed by atoms with Crippen LogP contribution in [0.5, 0.6) is 0 Å². The molecule has 98 valence electrons. The number of nitrogens with one attached hydrogen (secondary N) is 1. The number of hydrogen-bond acceptors (Lipinski definition) is 3. The van der Waals surface area contributed by atoms with Gasteiger partial charge in [-0.1, -0.05) is 12.8 Å². The largest absolute Gasteiger partial charge is 0.481 e. The smallest absolute Gasteiger partial charge is 0.305 e. The van der Waals surface area contributed by atoms with Crippen LogP contribution >= 0.6 is 0 Å². The molecule has 1 heterocycles. The molecule has 0 unspecified atom stereocenters. The number of carboxylic acids is 1. The molecular formula is C13H17NO4. The van der Waals surface area contributed by atoms with E-state index in [0.717, 1.165) is 25.7 Å². The summed E-state index contributed by atoms with van der Waals surface area (Å²) in [5.41, 5.74) is -0.112. The van der Waals surface area contributed by atoms with E-state index >= 15 is 0 Å². The third-order valence-electron chi connectivity index (χ3n) is 3.53. The minimum Gasteiger partial charge on any atom is -0.481 e. The van der Waals surface area contributed by atoms with Crippen molar-refractivity contribution < 1.29 is 19.1 Å². The van der Waals surface area contributed by atoms with E-state index in [4.69, 9.17) is 9.52 Å². The van der Waals surface area contributed by atoms with Gasteiger partial charge in [0.15, 0.2) is 0 Å². The summed E-state index contributed by atoms with van der Waals surface area (Å²) in [5.74, 6) is -0.568. The van der Waals surface area contributed by atoms with Gasteiger partial charge < -0.3 is 14.8 Å². The van der Waals surface area contributed by atoms with Gasteiger partial charge in [-0.25, -0.2) is 0 Å². The van der Waals surface area contributed by atoms with E-state index in [2.05, 4.69) is 5.32 Å². The van der Waals surface area contributed by atoms with E-state index in [0.29, 0.717) is 11.3 Å². The average Bonchev–Trinajstić information content (AvgIpc) is 2.86. The van der Waals surface area contributed by atoms with Crippen molar-refractivity contribution in [2.75, 3.05) is 0 Å². The molecule has 0 radical (unpaired) electrons. The van der Waals surface area contributed by atoms with Crippen LogP contribution < -0.4 is 5.32 Å².